The summed E-state index contributed by atoms with van der Waals surface area (Å²) >= 11 is 0. The van der Waals surface area contributed by atoms with Crippen molar-refractivity contribution in [1.29, 1.82) is 0 Å². The van der Waals surface area contributed by atoms with Crippen LogP contribution in [0, 0.1) is 0 Å². The van der Waals surface area contributed by atoms with Gasteiger partial charge >= 0.3 is 6.03 Å². The lowest BCUT2D eigenvalue weighted by Crippen LogP contribution is -2.35. The molecule has 6 nitrogen and oxygen atoms in total. The molecule has 0 spiro atoms. The van der Waals surface area contributed by atoms with Crippen LogP contribution in [0.5, 0.6) is 5.75 Å². The summed E-state index contributed by atoms with van der Waals surface area (Å²) in [7, 11) is 3.43. The van der Waals surface area contributed by atoms with Crippen molar-refractivity contribution in [3.63, 3.8) is 0 Å². The van der Waals surface area contributed by atoms with Crippen molar-refractivity contribution in [2.45, 2.75) is 13.1 Å². The molecule has 1 aliphatic rings. The number of urea groups is 1. The van der Waals surface area contributed by atoms with Crippen LogP contribution in [0.15, 0.2) is 46.9 Å². The van der Waals surface area contributed by atoms with Gasteiger partial charge in [0, 0.05) is 30.4 Å². The molecule has 2 amide bonds. The molecule has 6 heteroatoms. The fraction of sp³-hybridized carbons (Fsp3) is 0.211. The molecule has 0 aliphatic carbocycles. The highest BCUT2D eigenvalue weighted by Crippen LogP contribution is 2.27. The summed E-state index contributed by atoms with van der Waals surface area (Å²) in [5, 5.41) is 7.26. The number of benzene rings is 2. The Labute approximate surface area is 145 Å². The number of furan rings is 1. The monoisotopic (exact) mass is 337 g/mol. The lowest BCUT2D eigenvalue weighted by molar-refractivity contribution is 0.218. The average Bonchev–Trinajstić information content (AvgIpc) is 3.03. The Balaban J connectivity index is 1.50. The van der Waals surface area contributed by atoms with Gasteiger partial charge in [0.1, 0.15) is 17.1 Å². The molecule has 0 radical (unpaired) electrons. The van der Waals surface area contributed by atoms with Gasteiger partial charge < -0.3 is 24.7 Å². The van der Waals surface area contributed by atoms with Crippen LogP contribution in [0.25, 0.3) is 11.0 Å². The Morgan fingerprint density at radius 2 is 2.12 bits per heavy atom. The number of carbonyl (C=O) groups is 1. The highest BCUT2D eigenvalue weighted by atomic mass is 16.5. The van der Waals surface area contributed by atoms with Crippen molar-refractivity contribution < 1.29 is 13.9 Å². The van der Waals surface area contributed by atoms with Gasteiger partial charge in [0.25, 0.3) is 0 Å². The van der Waals surface area contributed by atoms with Crippen LogP contribution in [0.3, 0.4) is 0 Å². The van der Waals surface area contributed by atoms with Crippen LogP contribution in [0.2, 0.25) is 0 Å². The van der Waals surface area contributed by atoms with Gasteiger partial charge in [0.2, 0.25) is 0 Å². The molecule has 0 atom stereocenters. The maximum Gasteiger partial charge on any atom is 0.321 e. The molecule has 1 aromatic heterocycles. The number of hydrogen-bond donors (Lipinski definition) is 2. The summed E-state index contributed by atoms with van der Waals surface area (Å²) in [4.78, 5) is 13.3. The first kappa shape index (κ1) is 15.4. The van der Waals surface area contributed by atoms with Gasteiger partial charge in [0.05, 0.1) is 13.7 Å². The SMILES string of the molecule is COc1ccc2oc(CNc3ccc4c(c3)CN(C)C(=O)N4)cc2c1. The second kappa shape index (κ2) is 6.05. The minimum absolute atomic E-state index is 0.0779. The third kappa shape index (κ3) is 2.98. The predicted octanol–water partition coefficient (Wildman–Crippen LogP) is 4.03. The van der Waals surface area contributed by atoms with Gasteiger partial charge in [-0.3, -0.25) is 0 Å². The minimum Gasteiger partial charge on any atom is -0.497 e. The van der Waals surface area contributed by atoms with E-state index in [1.807, 2.05) is 36.4 Å². The maximum atomic E-state index is 11.7. The molecule has 1 aliphatic heterocycles. The van der Waals surface area contributed by atoms with E-state index in [1.54, 1.807) is 19.1 Å². The fourth-order valence-electron chi connectivity index (χ4n) is 2.97. The Morgan fingerprint density at radius 1 is 1.24 bits per heavy atom. The topological polar surface area (TPSA) is 66.7 Å². The first-order valence-electron chi connectivity index (χ1n) is 8.08. The van der Waals surface area contributed by atoms with Gasteiger partial charge in [0.15, 0.2) is 0 Å². The number of carbonyl (C=O) groups excluding carboxylic acids is 1. The van der Waals surface area contributed by atoms with Crippen molar-refractivity contribution in [3.8, 4) is 5.75 Å². The van der Waals surface area contributed by atoms with Gasteiger partial charge in [-0.1, -0.05) is 0 Å². The van der Waals surface area contributed by atoms with Crippen molar-refractivity contribution in [2.75, 3.05) is 24.8 Å². The number of methoxy groups -OCH3 is 1. The number of amides is 2. The molecular weight excluding hydrogens is 318 g/mol. The first-order valence-corrected chi connectivity index (χ1v) is 8.08. The van der Waals surface area contributed by atoms with Gasteiger partial charge in [-0.2, -0.15) is 0 Å². The largest absolute Gasteiger partial charge is 0.497 e. The van der Waals surface area contributed by atoms with E-state index in [0.717, 1.165) is 39.4 Å². The van der Waals surface area contributed by atoms with Crippen molar-refractivity contribution >= 4 is 28.4 Å². The second-order valence-corrected chi connectivity index (χ2v) is 6.13. The van der Waals surface area contributed by atoms with Crippen molar-refractivity contribution in [2.24, 2.45) is 0 Å². The predicted molar refractivity (Wildman–Crippen MR) is 97.0 cm³/mol. The lowest BCUT2D eigenvalue weighted by atomic mass is 10.1. The van der Waals surface area contributed by atoms with Gasteiger partial charge in [-0.25, -0.2) is 4.79 Å². The van der Waals surface area contributed by atoms with E-state index in [0.29, 0.717) is 13.1 Å². The Kier molecular flexibility index (Phi) is 3.72. The molecule has 0 saturated carbocycles. The molecule has 128 valence electrons. The highest BCUT2D eigenvalue weighted by molar-refractivity contribution is 5.92. The average molecular weight is 337 g/mol. The van der Waals surface area contributed by atoms with E-state index >= 15 is 0 Å². The molecule has 0 bridgehead atoms. The van der Waals surface area contributed by atoms with E-state index in [4.69, 9.17) is 9.15 Å². The molecule has 2 N–H and O–H groups in total. The molecule has 4 rings (SSSR count). The lowest BCUT2D eigenvalue weighted by Gasteiger charge is -2.26. The molecular formula is C19H19N3O3. The van der Waals surface area contributed by atoms with Crippen LogP contribution in [0.1, 0.15) is 11.3 Å². The molecule has 0 unspecified atom stereocenters. The number of fused-ring (bicyclic) bond motifs is 2. The maximum absolute atomic E-state index is 11.7. The second-order valence-electron chi connectivity index (χ2n) is 6.13. The molecule has 0 fully saturated rings. The normalized spacial score (nSPS) is 13.5. The Hall–Kier alpha value is -3.15. The Morgan fingerprint density at radius 3 is 2.96 bits per heavy atom. The summed E-state index contributed by atoms with van der Waals surface area (Å²) in [6.45, 7) is 1.18. The summed E-state index contributed by atoms with van der Waals surface area (Å²) in [5.74, 6) is 1.67. The standard InChI is InChI=1S/C19H19N3O3/c1-22-11-13-7-14(3-5-17(13)21-19(22)23)20-10-16-9-12-8-15(24-2)4-6-18(12)25-16/h3-9,20H,10-11H2,1-2H3,(H,21,23). The number of rotatable bonds is 4. The van der Waals surface area contributed by atoms with Crippen LogP contribution in [-0.4, -0.2) is 25.1 Å². The van der Waals surface area contributed by atoms with E-state index in [2.05, 4.69) is 16.7 Å². The summed E-state index contributed by atoms with van der Waals surface area (Å²) < 4.78 is 11.1. The molecule has 3 aromatic rings. The third-order valence-corrected chi connectivity index (χ3v) is 4.34. The van der Waals surface area contributed by atoms with Gasteiger partial charge in [-0.05, 0) is 48.0 Å². The van der Waals surface area contributed by atoms with E-state index < -0.39 is 0 Å². The number of nitrogens with one attached hydrogen (secondary N) is 2. The van der Waals surface area contributed by atoms with E-state index in [1.165, 1.54) is 0 Å². The van der Waals surface area contributed by atoms with Crippen LogP contribution >= 0.6 is 0 Å². The number of ether oxygens (including phenoxy) is 1. The molecule has 2 aromatic carbocycles. The summed E-state index contributed by atoms with van der Waals surface area (Å²) in [6.07, 6.45) is 0. The van der Waals surface area contributed by atoms with Crippen molar-refractivity contribution in [3.05, 3.63) is 53.8 Å². The smallest absolute Gasteiger partial charge is 0.321 e. The van der Waals surface area contributed by atoms with E-state index in [9.17, 15) is 4.79 Å². The highest BCUT2D eigenvalue weighted by Gasteiger charge is 2.19. The zero-order valence-electron chi connectivity index (χ0n) is 14.1. The van der Waals surface area contributed by atoms with Crippen LogP contribution in [-0.2, 0) is 13.1 Å². The number of hydrogen-bond acceptors (Lipinski definition) is 4. The fourth-order valence-corrected chi connectivity index (χ4v) is 2.97. The number of anilines is 2. The molecule has 0 saturated heterocycles. The van der Waals surface area contributed by atoms with E-state index in [-0.39, 0.29) is 6.03 Å². The Bertz CT molecular complexity index is 948. The zero-order valence-corrected chi connectivity index (χ0v) is 14.1. The summed E-state index contributed by atoms with van der Waals surface area (Å²) in [6, 6.07) is 13.6. The van der Waals surface area contributed by atoms with Crippen molar-refractivity contribution in [1.82, 2.24) is 4.90 Å². The van der Waals surface area contributed by atoms with Gasteiger partial charge in [-0.15, -0.1) is 0 Å². The quantitative estimate of drug-likeness (QED) is 0.754. The summed E-state index contributed by atoms with van der Waals surface area (Å²) in [5.41, 5.74) is 3.78. The zero-order chi connectivity index (χ0) is 17.4. The minimum atomic E-state index is -0.0779. The molecule has 25 heavy (non-hydrogen) atoms. The van der Waals surface area contributed by atoms with Crippen LogP contribution in [0.4, 0.5) is 16.2 Å². The first-order chi connectivity index (χ1) is 12.1. The third-order valence-electron chi connectivity index (χ3n) is 4.34. The van der Waals surface area contributed by atoms with Crippen LogP contribution < -0.4 is 15.4 Å². The molecule has 2 heterocycles. The number of nitrogens with zero attached hydrogens (tertiary/aromatic N) is 1.